The Labute approximate surface area is 215 Å². The van der Waals surface area contributed by atoms with Crippen LogP contribution in [0.4, 0.5) is 17.6 Å². The summed E-state index contributed by atoms with van der Waals surface area (Å²) in [5, 5.41) is 7.67. The van der Waals surface area contributed by atoms with Crippen LogP contribution in [0.25, 0.3) is 5.65 Å². The van der Waals surface area contributed by atoms with Gasteiger partial charge in [0.05, 0.1) is 18.4 Å². The summed E-state index contributed by atoms with van der Waals surface area (Å²) in [7, 11) is 3.81. The lowest BCUT2D eigenvalue weighted by Gasteiger charge is -2.36. The van der Waals surface area contributed by atoms with Gasteiger partial charge in [-0.25, -0.2) is 14.5 Å². The lowest BCUT2D eigenvalue weighted by Crippen LogP contribution is -2.51. The molecule has 4 rings (SSSR count). The smallest absolute Gasteiger partial charge is 0.243 e. The molecule has 11 nitrogen and oxygen atoms in total. The number of pyridine rings is 1. The van der Waals surface area contributed by atoms with Crippen molar-refractivity contribution in [1.29, 1.82) is 0 Å². The monoisotopic (exact) mass is 496 g/mol. The van der Waals surface area contributed by atoms with E-state index in [2.05, 4.69) is 38.3 Å². The highest BCUT2D eigenvalue weighted by Crippen LogP contribution is 2.22. The largest absolute Gasteiger partial charge is 0.380 e. The Hall–Kier alpha value is -3.47. The molecule has 0 radical (unpaired) electrons. The summed E-state index contributed by atoms with van der Waals surface area (Å²) >= 11 is 0. The lowest BCUT2D eigenvalue weighted by molar-refractivity contribution is -0.132. The number of aryl methyl sites for hydroxylation is 1. The number of carbonyl (C=O) groups is 1. The third-order valence-corrected chi connectivity index (χ3v) is 6.25. The molecule has 1 aliphatic rings. The van der Waals surface area contributed by atoms with Gasteiger partial charge in [-0.05, 0) is 45.4 Å². The standard InChI is InChI=1S/C25H38N10O/c1-6-7-18(3)29-25-30-22(26)24-28-15-20(35(24)31-25)13-19-12-17(2)23(27-14-19)34-10-8-33(9-11-34)21(36)16-32(4)5/h12,14-15,18H,6-11,13,16H2,1-5H3,(H3,26,29,30,31)/i3D2. The highest BCUT2D eigenvalue weighted by molar-refractivity contribution is 5.78. The molecule has 3 aromatic rings. The van der Waals surface area contributed by atoms with Gasteiger partial charge in [0.25, 0.3) is 0 Å². The Morgan fingerprint density at radius 2 is 2.03 bits per heavy atom. The molecule has 1 saturated heterocycles. The van der Waals surface area contributed by atoms with Gasteiger partial charge in [0.1, 0.15) is 5.82 Å². The summed E-state index contributed by atoms with van der Waals surface area (Å²) in [6.45, 7) is 6.33. The zero-order chi connectivity index (χ0) is 27.4. The number of nitrogens with zero attached hydrogens (tertiary/aromatic N) is 8. The summed E-state index contributed by atoms with van der Waals surface area (Å²) in [5.41, 5.74) is 9.54. The summed E-state index contributed by atoms with van der Waals surface area (Å²) in [5.74, 6) is 1.62. The topological polar surface area (TPSA) is 121 Å². The van der Waals surface area contributed by atoms with Gasteiger partial charge in [-0.15, -0.1) is 5.10 Å². The van der Waals surface area contributed by atoms with Crippen LogP contribution in [0.15, 0.2) is 18.5 Å². The third-order valence-electron chi connectivity index (χ3n) is 6.25. The van der Waals surface area contributed by atoms with Crippen molar-refractivity contribution < 1.29 is 7.54 Å². The maximum Gasteiger partial charge on any atom is 0.243 e. The van der Waals surface area contributed by atoms with Gasteiger partial charge in [-0.1, -0.05) is 19.4 Å². The Balaban J connectivity index is 1.47. The predicted molar refractivity (Wildman–Crippen MR) is 142 cm³/mol. The maximum atomic E-state index is 12.4. The van der Waals surface area contributed by atoms with E-state index in [4.69, 9.17) is 13.5 Å². The van der Waals surface area contributed by atoms with E-state index in [-0.39, 0.29) is 17.7 Å². The molecular formula is C25H38N10O. The minimum atomic E-state index is -1.05. The number of amides is 1. The van der Waals surface area contributed by atoms with Crippen molar-refractivity contribution in [3.05, 3.63) is 35.3 Å². The van der Waals surface area contributed by atoms with Gasteiger partial charge in [-0.3, -0.25) is 4.79 Å². The summed E-state index contributed by atoms with van der Waals surface area (Å²) < 4.78 is 17.3. The first-order chi connectivity index (χ1) is 18.2. The number of nitrogen functional groups attached to an aromatic ring is 1. The van der Waals surface area contributed by atoms with Gasteiger partial charge in [0.2, 0.25) is 11.9 Å². The second-order valence-electron chi connectivity index (χ2n) is 9.61. The summed E-state index contributed by atoms with van der Waals surface area (Å²) in [6.07, 6.45) is 5.66. The molecule has 1 fully saturated rings. The van der Waals surface area contributed by atoms with Crippen LogP contribution in [0.2, 0.25) is 0 Å². The molecule has 0 aromatic carbocycles. The number of piperazine rings is 1. The number of hydrogen-bond acceptors (Lipinski definition) is 9. The number of likely N-dealkylation sites (N-methyl/N-ethyl adjacent to an activating group) is 1. The molecule has 1 atom stereocenters. The van der Waals surface area contributed by atoms with Crippen LogP contribution in [0.5, 0.6) is 0 Å². The first-order valence-electron chi connectivity index (χ1n) is 13.6. The van der Waals surface area contributed by atoms with E-state index >= 15 is 0 Å². The number of nitrogens with one attached hydrogen (secondary N) is 1. The molecule has 3 aromatic heterocycles. The van der Waals surface area contributed by atoms with Gasteiger partial charge >= 0.3 is 0 Å². The van der Waals surface area contributed by atoms with Crippen molar-refractivity contribution in [2.45, 2.75) is 46.0 Å². The molecule has 3 N–H and O–H groups in total. The second-order valence-corrected chi connectivity index (χ2v) is 9.61. The van der Waals surface area contributed by atoms with Crippen LogP contribution in [0.1, 0.15) is 46.2 Å². The Morgan fingerprint density at radius 3 is 2.69 bits per heavy atom. The van der Waals surface area contributed by atoms with Gasteiger partial charge in [0, 0.05) is 47.6 Å². The van der Waals surface area contributed by atoms with E-state index in [0.717, 1.165) is 42.1 Å². The minimum absolute atomic E-state index is 0.158. The fourth-order valence-corrected chi connectivity index (χ4v) is 4.48. The molecule has 4 heterocycles. The molecule has 0 spiro atoms. The normalized spacial score (nSPS) is 15.9. The van der Waals surface area contributed by atoms with Crippen LogP contribution in [0, 0.1) is 6.92 Å². The molecule has 11 heteroatoms. The number of aromatic nitrogens is 5. The number of carbonyl (C=O) groups excluding carboxylic acids is 1. The van der Waals surface area contributed by atoms with Crippen molar-refractivity contribution in [2.75, 3.05) is 62.8 Å². The zero-order valence-electron chi connectivity index (χ0n) is 23.6. The molecule has 0 saturated carbocycles. The van der Waals surface area contributed by atoms with Crippen LogP contribution in [0.3, 0.4) is 0 Å². The highest BCUT2D eigenvalue weighted by atomic mass is 16.2. The van der Waals surface area contributed by atoms with Gasteiger partial charge in [-0.2, -0.15) is 4.98 Å². The molecule has 0 aliphatic carbocycles. The van der Waals surface area contributed by atoms with Crippen LogP contribution in [-0.2, 0) is 11.2 Å². The number of imidazole rings is 1. The van der Waals surface area contributed by atoms with Crippen molar-refractivity contribution in [3.8, 4) is 0 Å². The van der Waals surface area contributed by atoms with E-state index in [0.29, 0.717) is 38.1 Å². The van der Waals surface area contributed by atoms with Gasteiger partial charge in [0.15, 0.2) is 11.5 Å². The third kappa shape index (κ3) is 5.84. The van der Waals surface area contributed by atoms with Crippen molar-refractivity contribution >= 4 is 29.1 Å². The SMILES string of the molecule is [2H]C([2H])C(CCC)Nc1nc(N)c2ncc(Cc3cnc(N4CCN(C(=O)CN(C)C)CC4)c(C)c3)n2n1. The molecule has 1 aliphatic heterocycles. The van der Waals surface area contributed by atoms with Crippen LogP contribution >= 0.6 is 0 Å². The zero-order valence-corrected chi connectivity index (χ0v) is 21.6. The quantitative estimate of drug-likeness (QED) is 0.457. The number of anilines is 3. The van der Waals surface area contributed by atoms with E-state index in [1.165, 1.54) is 0 Å². The number of nitrogens with two attached hydrogens (primary N) is 1. The number of hydrogen-bond donors (Lipinski definition) is 2. The Kier molecular flexibility index (Phi) is 7.06. The molecule has 0 bridgehead atoms. The summed E-state index contributed by atoms with van der Waals surface area (Å²) in [4.78, 5) is 31.9. The molecule has 194 valence electrons. The molecule has 1 amide bonds. The van der Waals surface area contributed by atoms with Crippen molar-refractivity contribution in [2.24, 2.45) is 0 Å². The maximum absolute atomic E-state index is 12.4. The van der Waals surface area contributed by atoms with E-state index in [1.54, 1.807) is 10.7 Å². The lowest BCUT2D eigenvalue weighted by atomic mass is 10.1. The second kappa shape index (κ2) is 11.1. The Bertz CT molecular complexity index is 1260. The Morgan fingerprint density at radius 1 is 1.25 bits per heavy atom. The highest BCUT2D eigenvalue weighted by Gasteiger charge is 2.23. The van der Waals surface area contributed by atoms with E-state index < -0.39 is 12.9 Å². The van der Waals surface area contributed by atoms with Crippen LogP contribution in [-0.4, -0.2) is 93.1 Å². The average Bonchev–Trinajstić information content (AvgIpc) is 3.26. The fraction of sp³-hybridized carbons (Fsp3) is 0.560. The molecule has 36 heavy (non-hydrogen) atoms. The van der Waals surface area contributed by atoms with E-state index in [1.807, 2.05) is 37.0 Å². The average molecular weight is 497 g/mol. The molecule has 1 unspecified atom stereocenters. The first-order valence-corrected chi connectivity index (χ1v) is 12.4. The van der Waals surface area contributed by atoms with Crippen LogP contribution < -0.4 is 16.0 Å². The van der Waals surface area contributed by atoms with E-state index in [9.17, 15) is 4.79 Å². The fourth-order valence-electron chi connectivity index (χ4n) is 4.48. The van der Waals surface area contributed by atoms with Crippen molar-refractivity contribution in [3.63, 3.8) is 0 Å². The number of rotatable bonds is 9. The van der Waals surface area contributed by atoms with Crippen molar-refractivity contribution in [1.82, 2.24) is 34.4 Å². The first kappa shape index (κ1) is 23.0. The number of fused-ring (bicyclic) bond motifs is 1. The minimum Gasteiger partial charge on any atom is -0.380 e. The summed E-state index contributed by atoms with van der Waals surface area (Å²) in [6, 6.07) is 1.73. The van der Waals surface area contributed by atoms with Gasteiger partial charge < -0.3 is 25.8 Å². The predicted octanol–water partition coefficient (Wildman–Crippen LogP) is 1.81. The molecular weight excluding hydrogens is 456 g/mol.